The lowest BCUT2D eigenvalue weighted by Gasteiger charge is -2.15. The fourth-order valence-electron chi connectivity index (χ4n) is 2.56. The van der Waals surface area contributed by atoms with E-state index in [2.05, 4.69) is 5.32 Å². The lowest BCUT2D eigenvalue weighted by atomic mass is 10.1. The molecule has 1 fully saturated rings. The Bertz CT molecular complexity index is 494. The molecule has 1 aromatic rings. The molecule has 20 heavy (non-hydrogen) atoms. The Labute approximate surface area is 115 Å². The van der Waals surface area contributed by atoms with Gasteiger partial charge < -0.3 is 11.1 Å². The molecule has 0 heterocycles. The maximum atomic E-state index is 12.7. The number of nitrogen functional groups attached to an aromatic ring is 1. The Kier molecular flexibility index (Phi) is 4.20. The van der Waals surface area contributed by atoms with Gasteiger partial charge in [0, 0.05) is 6.54 Å². The number of halogens is 3. The van der Waals surface area contributed by atoms with Gasteiger partial charge in [-0.2, -0.15) is 13.2 Å². The average molecular weight is 286 g/mol. The second kappa shape index (κ2) is 5.73. The van der Waals surface area contributed by atoms with Gasteiger partial charge in [-0.05, 0) is 30.9 Å². The summed E-state index contributed by atoms with van der Waals surface area (Å²) in [6.07, 6.45) is -0.152. The molecule has 0 spiro atoms. The number of alkyl halides is 3. The zero-order chi connectivity index (χ0) is 14.8. The van der Waals surface area contributed by atoms with Crippen molar-refractivity contribution in [3.05, 3.63) is 29.3 Å². The Morgan fingerprint density at radius 2 is 1.95 bits per heavy atom. The minimum atomic E-state index is -4.55. The van der Waals surface area contributed by atoms with Gasteiger partial charge in [0.1, 0.15) is 0 Å². The van der Waals surface area contributed by atoms with Crippen LogP contribution in [0.25, 0.3) is 0 Å². The van der Waals surface area contributed by atoms with Crippen LogP contribution < -0.4 is 11.1 Å². The highest BCUT2D eigenvalue weighted by Crippen LogP contribution is 2.35. The molecule has 1 amide bonds. The van der Waals surface area contributed by atoms with Crippen LogP contribution in [0, 0.1) is 5.92 Å². The van der Waals surface area contributed by atoms with Crippen LogP contribution in [0.2, 0.25) is 0 Å². The van der Waals surface area contributed by atoms with Gasteiger partial charge in [0.25, 0.3) is 5.91 Å². The topological polar surface area (TPSA) is 55.1 Å². The van der Waals surface area contributed by atoms with Gasteiger partial charge in [-0.25, -0.2) is 0 Å². The first-order valence-electron chi connectivity index (χ1n) is 6.63. The number of nitrogens with two attached hydrogens (primary N) is 1. The highest BCUT2D eigenvalue weighted by atomic mass is 19.4. The van der Waals surface area contributed by atoms with Crippen LogP contribution in [0.4, 0.5) is 18.9 Å². The summed E-state index contributed by atoms with van der Waals surface area (Å²) >= 11 is 0. The van der Waals surface area contributed by atoms with Crippen molar-refractivity contribution < 1.29 is 18.0 Å². The van der Waals surface area contributed by atoms with E-state index in [0.717, 1.165) is 31.7 Å². The van der Waals surface area contributed by atoms with Crippen molar-refractivity contribution in [2.45, 2.75) is 31.9 Å². The summed E-state index contributed by atoms with van der Waals surface area (Å²) in [6, 6.07) is 3.39. The third-order valence-corrected chi connectivity index (χ3v) is 3.68. The lowest BCUT2D eigenvalue weighted by molar-refractivity contribution is -0.136. The standard InChI is InChI=1S/C14H17F3N2O/c15-14(16,17)11-7-3-6-10(12(11)18)13(20)19-8-9-4-1-2-5-9/h3,6-7,9H,1-2,4-5,8,18H2,(H,19,20). The van der Waals surface area contributed by atoms with E-state index in [4.69, 9.17) is 5.73 Å². The predicted molar refractivity (Wildman–Crippen MR) is 70.1 cm³/mol. The third kappa shape index (κ3) is 3.23. The number of nitrogens with one attached hydrogen (secondary N) is 1. The molecule has 0 bridgehead atoms. The van der Waals surface area contributed by atoms with E-state index in [1.54, 1.807) is 0 Å². The molecule has 2 rings (SSSR count). The fourth-order valence-corrected chi connectivity index (χ4v) is 2.56. The highest BCUT2D eigenvalue weighted by Gasteiger charge is 2.34. The Morgan fingerprint density at radius 3 is 2.55 bits per heavy atom. The molecule has 1 aliphatic carbocycles. The van der Waals surface area contributed by atoms with Gasteiger partial charge in [-0.3, -0.25) is 4.79 Å². The Hall–Kier alpha value is -1.72. The summed E-state index contributed by atoms with van der Waals surface area (Å²) in [7, 11) is 0. The molecular weight excluding hydrogens is 269 g/mol. The second-order valence-corrected chi connectivity index (χ2v) is 5.13. The molecule has 0 atom stereocenters. The van der Waals surface area contributed by atoms with E-state index in [9.17, 15) is 18.0 Å². The molecule has 0 saturated heterocycles. The van der Waals surface area contributed by atoms with E-state index in [0.29, 0.717) is 12.5 Å². The van der Waals surface area contributed by atoms with Crippen molar-refractivity contribution in [2.75, 3.05) is 12.3 Å². The number of para-hydroxylation sites is 1. The van der Waals surface area contributed by atoms with E-state index in [1.165, 1.54) is 12.1 Å². The van der Waals surface area contributed by atoms with Crippen molar-refractivity contribution in [3.8, 4) is 0 Å². The molecule has 0 aromatic heterocycles. The minimum absolute atomic E-state index is 0.113. The number of anilines is 1. The molecule has 0 radical (unpaired) electrons. The predicted octanol–water partition coefficient (Wildman–Crippen LogP) is 3.21. The summed E-state index contributed by atoms with van der Waals surface area (Å²) in [4.78, 5) is 11.9. The van der Waals surface area contributed by atoms with E-state index >= 15 is 0 Å². The molecule has 0 aliphatic heterocycles. The van der Waals surface area contributed by atoms with Crippen molar-refractivity contribution in [1.82, 2.24) is 5.32 Å². The average Bonchev–Trinajstić information content (AvgIpc) is 2.88. The fraction of sp³-hybridized carbons (Fsp3) is 0.500. The zero-order valence-corrected chi connectivity index (χ0v) is 11.0. The smallest absolute Gasteiger partial charge is 0.398 e. The molecule has 1 saturated carbocycles. The van der Waals surface area contributed by atoms with Crippen LogP contribution in [-0.2, 0) is 6.18 Å². The maximum absolute atomic E-state index is 12.7. The van der Waals surface area contributed by atoms with E-state index in [-0.39, 0.29) is 5.56 Å². The van der Waals surface area contributed by atoms with Crippen LogP contribution in [0.15, 0.2) is 18.2 Å². The van der Waals surface area contributed by atoms with Gasteiger partial charge in [-0.15, -0.1) is 0 Å². The Morgan fingerprint density at radius 1 is 1.30 bits per heavy atom. The first-order chi connectivity index (χ1) is 9.39. The Balaban J connectivity index is 2.09. The van der Waals surface area contributed by atoms with Gasteiger partial charge in [-0.1, -0.05) is 18.9 Å². The molecule has 3 N–H and O–H groups in total. The van der Waals surface area contributed by atoms with Gasteiger partial charge in [0.15, 0.2) is 0 Å². The number of rotatable bonds is 3. The van der Waals surface area contributed by atoms with Crippen LogP contribution in [0.5, 0.6) is 0 Å². The van der Waals surface area contributed by atoms with Crippen molar-refractivity contribution in [1.29, 1.82) is 0 Å². The van der Waals surface area contributed by atoms with Gasteiger partial charge >= 0.3 is 6.18 Å². The van der Waals surface area contributed by atoms with E-state index in [1.807, 2.05) is 0 Å². The summed E-state index contributed by atoms with van der Waals surface area (Å²) in [6.45, 7) is 0.495. The van der Waals surface area contributed by atoms with Crippen molar-refractivity contribution in [3.63, 3.8) is 0 Å². The second-order valence-electron chi connectivity index (χ2n) is 5.13. The monoisotopic (exact) mass is 286 g/mol. The molecular formula is C14H17F3N2O. The normalized spacial score (nSPS) is 16.4. The highest BCUT2D eigenvalue weighted by molar-refractivity contribution is 5.99. The summed E-state index contributed by atoms with van der Waals surface area (Å²) in [5.74, 6) is -0.119. The first-order valence-corrected chi connectivity index (χ1v) is 6.63. The summed E-state index contributed by atoms with van der Waals surface area (Å²) < 4.78 is 38.1. The molecule has 6 heteroatoms. The molecule has 1 aromatic carbocycles. The largest absolute Gasteiger partial charge is 0.418 e. The van der Waals surface area contributed by atoms with Crippen LogP contribution in [0.1, 0.15) is 41.6 Å². The third-order valence-electron chi connectivity index (χ3n) is 3.68. The van der Waals surface area contributed by atoms with Crippen LogP contribution >= 0.6 is 0 Å². The lowest BCUT2D eigenvalue weighted by Crippen LogP contribution is -2.29. The molecule has 0 unspecified atom stereocenters. The van der Waals surface area contributed by atoms with Crippen LogP contribution in [-0.4, -0.2) is 12.5 Å². The maximum Gasteiger partial charge on any atom is 0.418 e. The van der Waals surface area contributed by atoms with Crippen molar-refractivity contribution >= 4 is 11.6 Å². The zero-order valence-electron chi connectivity index (χ0n) is 11.0. The number of amides is 1. The molecule has 1 aliphatic rings. The summed E-state index contributed by atoms with van der Waals surface area (Å²) in [5.41, 5.74) is 3.88. The number of hydrogen-bond donors (Lipinski definition) is 2. The van der Waals surface area contributed by atoms with E-state index < -0.39 is 23.3 Å². The van der Waals surface area contributed by atoms with Gasteiger partial charge in [0.05, 0.1) is 16.8 Å². The number of hydrogen-bond acceptors (Lipinski definition) is 2. The van der Waals surface area contributed by atoms with Crippen LogP contribution in [0.3, 0.4) is 0 Å². The quantitative estimate of drug-likeness (QED) is 0.838. The first kappa shape index (κ1) is 14.7. The number of carbonyl (C=O) groups is 1. The van der Waals surface area contributed by atoms with Crippen molar-refractivity contribution in [2.24, 2.45) is 5.92 Å². The SMILES string of the molecule is Nc1c(C(=O)NCC2CCCC2)cccc1C(F)(F)F. The molecule has 110 valence electrons. The molecule has 3 nitrogen and oxygen atoms in total. The number of benzene rings is 1. The number of carbonyl (C=O) groups excluding carboxylic acids is 1. The van der Waals surface area contributed by atoms with Gasteiger partial charge in [0.2, 0.25) is 0 Å². The minimum Gasteiger partial charge on any atom is -0.398 e. The summed E-state index contributed by atoms with van der Waals surface area (Å²) in [5, 5.41) is 2.67.